The van der Waals surface area contributed by atoms with E-state index in [2.05, 4.69) is 26.2 Å². The van der Waals surface area contributed by atoms with E-state index in [4.69, 9.17) is 4.74 Å². The SMILES string of the molecule is O=C1CCC(C(=O)N2CC(Oc3ncccc3Br)C2)N1. The van der Waals surface area contributed by atoms with Crippen molar-refractivity contribution in [3.63, 3.8) is 0 Å². The number of hydrogen-bond acceptors (Lipinski definition) is 4. The predicted molar refractivity (Wildman–Crippen MR) is 74.1 cm³/mol. The molecule has 0 bridgehead atoms. The molecule has 6 nitrogen and oxygen atoms in total. The van der Waals surface area contributed by atoms with E-state index in [-0.39, 0.29) is 24.0 Å². The Morgan fingerprint density at radius 3 is 2.95 bits per heavy atom. The van der Waals surface area contributed by atoms with Crippen LogP contribution in [-0.4, -0.2) is 46.9 Å². The lowest BCUT2D eigenvalue weighted by atomic mass is 10.1. The first kappa shape index (κ1) is 13.4. The number of pyridine rings is 1. The maximum Gasteiger partial charge on any atom is 0.245 e. The largest absolute Gasteiger partial charge is 0.470 e. The van der Waals surface area contributed by atoms with Gasteiger partial charge in [-0.25, -0.2) is 4.98 Å². The second-order valence-electron chi connectivity index (χ2n) is 4.93. The Morgan fingerprint density at radius 1 is 1.50 bits per heavy atom. The maximum absolute atomic E-state index is 12.1. The van der Waals surface area contributed by atoms with Crippen molar-refractivity contribution in [2.24, 2.45) is 0 Å². The van der Waals surface area contributed by atoms with Crippen molar-refractivity contribution in [3.8, 4) is 5.88 Å². The number of nitrogens with one attached hydrogen (secondary N) is 1. The smallest absolute Gasteiger partial charge is 0.245 e. The van der Waals surface area contributed by atoms with Gasteiger partial charge in [0.15, 0.2) is 0 Å². The molecular weight excluding hydrogens is 326 g/mol. The molecule has 0 aromatic carbocycles. The highest BCUT2D eigenvalue weighted by atomic mass is 79.9. The van der Waals surface area contributed by atoms with Gasteiger partial charge in [0.25, 0.3) is 0 Å². The lowest BCUT2D eigenvalue weighted by Gasteiger charge is -2.39. The molecular formula is C13H14BrN3O3. The highest BCUT2D eigenvalue weighted by Crippen LogP contribution is 2.25. The normalized spacial score (nSPS) is 22.4. The quantitative estimate of drug-likeness (QED) is 0.880. The minimum atomic E-state index is -0.356. The first-order chi connectivity index (χ1) is 9.63. The minimum Gasteiger partial charge on any atom is -0.470 e. The molecule has 2 fully saturated rings. The molecule has 20 heavy (non-hydrogen) atoms. The number of rotatable bonds is 3. The fourth-order valence-corrected chi connectivity index (χ4v) is 2.68. The number of halogens is 1. The molecule has 1 unspecified atom stereocenters. The third-order valence-corrected chi connectivity index (χ3v) is 4.06. The van der Waals surface area contributed by atoms with Crippen LogP contribution in [0, 0.1) is 0 Å². The monoisotopic (exact) mass is 339 g/mol. The number of amides is 2. The van der Waals surface area contributed by atoms with Crippen molar-refractivity contribution in [3.05, 3.63) is 22.8 Å². The molecule has 1 atom stereocenters. The average molecular weight is 340 g/mol. The summed E-state index contributed by atoms with van der Waals surface area (Å²) in [7, 11) is 0. The second-order valence-corrected chi connectivity index (χ2v) is 5.79. The van der Waals surface area contributed by atoms with E-state index in [1.165, 1.54) is 0 Å². The van der Waals surface area contributed by atoms with Crippen LogP contribution in [0.5, 0.6) is 5.88 Å². The molecule has 0 radical (unpaired) electrons. The fourth-order valence-electron chi connectivity index (χ4n) is 2.33. The fraction of sp³-hybridized carbons (Fsp3) is 0.462. The van der Waals surface area contributed by atoms with Gasteiger partial charge in [0, 0.05) is 12.6 Å². The zero-order valence-electron chi connectivity index (χ0n) is 10.7. The molecule has 0 spiro atoms. The summed E-state index contributed by atoms with van der Waals surface area (Å²) in [5.74, 6) is 0.476. The van der Waals surface area contributed by atoms with Gasteiger partial charge in [0.05, 0.1) is 17.6 Å². The number of nitrogens with zero attached hydrogens (tertiary/aromatic N) is 2. The summed E-state index contributed by atoms with van der Waals surface area (Å²) in [6.07, 6.45) is 2.65. The van der Waals surface area contributed by atoms with Gasteiger partial charge < -0.3 is 15.0 Å². The van der Waals surface area contributed by atoms with Crippen LogP contribution in [0.4, 0.5) is 0 Å². The van der Waals surface area contributed by atoms with E-state index >= 15 is 0 Å². The molecule has 2 amide bonds. The number of hydrogen-bond donors (Lipinski definition) is 1. The van der Waals surface area contributed by atoms with Gasteiger partial charge >= 0.3 is 0 Å². The number of ether oxygens (including phenoxy) is 1. The van der Waals surface area contributed by atoms with Crippen molar-refractivity contribution in [2.45, 2.75) is 25.0 Å². The molecule has 3 heterocycles. The average Bonchev–Trinajstić information content (AvgIpc) is 2.81. The standard InChI is InChI=1S/C13H14BrN3O3/c14-9-2-1-5-15-12(9)20-8-6-17(7-8)13(19)10-3-4-11(18)16-10/h1-2,5,8,10H,3-4,6-7H2,(H,16,18). The molecule has 1 aromatic heterocycles. The van der Waals surface area contributed by atoms with Gasteiger partial charge in [0.1, 0.15) is 12.1 Å². The van der Waals surface area contributed by atoms with Crippen LogP contribution in [0.15, 0.2) is 22.8 Å². The topological polar surface area (TPSA) is 71.5 Å². The number of carbonyl (C=O) groups is 2. The first-order valence-corrected chi connectivity index (χ1v) is 7.28. The Bertz CT molecular complexity index is 545. The molecule has 1 N–H and O–H groups in total. The molecule has 2 aliphatic rings. The lowest BCUT2D eigenvalue weighted by Crippen LogP contribution is -2.59. The van der Waals surface area contributed by atoms with E-state index in [1.807, 2.05) is 12.1 Å². The molecule has 0 aliphatic carbocycles. The number of aromatic nitrogens is 1. The Labute approximate surface area is 124 Å². The zero-order chi connectivity index (χ0) is 14.1. The zero-order valence-corrected chi connectivity index (χ0v) is 12.3. The molecule has 106 valence electrons. The minimum absolute atomic E-state index is 0.0178. The Hall–Kier alpha value is -1.63. The van der Waals surface area contributed by atoms with Gasteiger partial charge in [-0.3, -0.25) is 9.59 Å². The third-order valence-electron chi connectivity index (χ3n) is 3.46. The van der Waals surface area contributed by atoms with Gasteiger partial charge in [-0.15, -0.1) is 0 Å². The van der Waals surface area contributed by atoms with Crippen LogP contribution in [0.3, 0.4) is 0 Å². The highest BCUT2D eigenvalue weighted by Gasteiger charge is 2.38. The highest BCUT2D eigenvalue weighted by molar-refractivity contribution is 9.10. The van der Waals surface area contributed by atoms with E-state index in [0.717, 1.165) is 4.47 Å². The van der Waals surface area contributed by atoms with E-state index in [9.17, 15) is 9.59 Å². The van der Waals surface area contributed by atoms with E-state index in [0.29, 0.717) is 31.8 Å². The van der Waals surface area contributed by atoms with Crippen LogP contribution >= 0.6 is 15.9 Å². The molecule has 0 saturated carbocycles. The van der Waals surface area contributed by atoms with Crippen LogP contribution in [0.2, 0.25) is 0 Å². The van der Waals surface area contributed by atoms with Crippen molar-refractivity contribution in [1.29, 1.82) is 0 Å². The maximum atomic E-state index is 12.1. The van der Waals surface area contributed by atoms with Crippen LogP contribution in [-0.2, 0) is 9.59 Å². The molecule has 2 saturated heterocycles. The Balaban J connectivity index is 1.50. The predicted octanol–water partition coefficient (Wildman–Crippen LogP) is 0.712. The van der Waals surface area contributed by atoms with Gasteiger partial charge in [-0.1, -0.05) is 0 Å². The molecule has 1 aromatic rings. The van der Waals surface area contributed by atoms with Crippen molar-refractivity contribution in [1.82, 2.24) is 15.2 Å². The van der Waals surface area contributed by atoms with Crippen LogP contribution in [0.25, 0.3) is 0 Å². The third kappa shape index (κ3) is 2.63. The first-order valence-electron chi connectivity index (χ1n) is 6.49. The summed E-state index contributed by atoms with van der Waals surface area (Å²) in [5, 5.41) is 2.69. The van der Waals surface area contributed by atoms with Crippen molar-refractivity contribution in [2.75, 3.05) is 13.1 Å². The summed E-state index contributed by atoms with van der Waals surface area (Å²) in [6.45, 7) is 1.07. The molecule has 7 heteroatoms. The number of likely N-dealkylation sites (tertiary alicyclic amines) is 1. The molecule has 3 rings (SSSR count). The van der Waals surface area contributed by atoms with Gasteiger partial charge in [-0.2, -0.15) is 0 Å². The Kier molecular flexibility index (Phi) is 3.60. The second kappa shape index (κ2) is 5.40. The van der Waals surface area contributed by atoms with Crippen LogP contribution < -0.4 is 10.1 Å². The summed E-state index contributed by atoms with van der Waals surface area (Å²) in [6, 6.07) is 3.32. The van der Waals surface area contributed by atoms with Gasteiger partial charge in [-0.05, 0) is 34.5 Å². The summed E-state index contributed by atoms with van der Waals surface area (Å²) >= 11 is 3.37. The van der Waals surface area contributed by atoms with E-state index < -0.39 is 0 Å². The Morgan fingerprint density at radius 2 is 2.30 bits per heavy atom. The summed E-state index contributed by atoms with van der Waals surface area (Å²) in [5.41, 5.74) is 0. The summed E-state index contributed by atoms with van der Waals surface area (Å²) < 4.78 is 6.50. The lowest BCUT2D eigenvalue weighted by molar-refractivity contribution is -0.142. The van der Waals surface area contributed by atoms with Gasteiger partial charge in [0.2, 0.25) is 17.7 Å². The van der Waals surface area contributed by atoms with Crippen molar-refractivity contribution >= 4 is 27.7 Å². The van der Waals surface area contributed by atoms with Crippen molar-refractivity contribution < 1.29 is 14.3 Å². The van der Waals surface area contributed by atoms with E-state index in [1.54, 1.807) is 11.1 Å². The summed E-state index contributed by atoms with van der Waals surface area (Å²) in [4.78, 5) is 29.0. The number of carbonyl (C=O) groups excluding carboxylic acids is 2. The van der Waals surface area contributed by atoms with Crippen LogP contribution in [0.1, 0.15) is 12.8 Å². The molecule has 2 aliphatic heterocycles.